The number of carbonyl (C=O) groups excluding carboxylic acids is 2. The smallest absolute Gasteiger partial charge is 0.230 e. The van der Waals surface area contributed by atoms with Crippen LogP contribution in [0.3, 0.4) is 0 Å². The lowest BCUT2D eigenvalue weighted by molar-refractivity contribution is -0.148. The molecule has 7 heteroatoms. The maximum atomic E-state index is 12.9. The Bertz CT molecular complexity index is 630. The molecule has 2 fully saturated rings. The quantitative estimate of drug-likeness (QED) is 0.834. The van der Waals surface area contributed by atoms with E-state index in [0.717, 1.165) is 25.8 Å². The van der Waals surface area contributed by atoms with Crippen LogP contribution in [-0.4, -0.2) is 52.4 Å². The molecule has 0 aromatic carbocycles. The molecule has 1 atom stereocenters. The maximum absolute atomic E-state index is 12.9. The third-order valence-electron chi connectivity index (χ3n) is 5.21. The summed E-state index contributed by atoms with van der Waals surface area (Å²) in [4.78, 5) is 29.2. The second kappa shape index (κ2) is 6.75. The normalized spacial score (nSPS) is 24.4. The molecule has 0 aliphatic carbocycles. The van der Waals surface area contributed by atoms with Crippen LogP contribution in [0.4, 0.5) is 0 Å². The zero-order chi connectivity index (χ0) is 17.3. The lowest BCUT2D eigenvalue weighted by Gasteiger charge is -2.41. The molecule has 2 aliphatic heterocycles. The van der Waals surface area contributed by atoms with Crippen LogP contribution in [0, 0.1) is 5.41 Å². The fraction of sp³-hybridized carbons (Fsp3) is 0.706. The number of piperidine rings is 1. The van der Waals surface area contributed by atoms with E-state index in [9.17, 15) is 9.59 Å². The van der Waals surface area contributed by atoms with Gasteiger partial charge in [0.1, 0.15) is 5.76 Å². The van der Waals surface area contributed by atoms with Gasteiger partial charge in [-0.3, -0.25) is 9.59 Å². The predicted molar refractivity (Wildman–Crippen MR) is 89.5 cm³/mol. The number of rotatable bonds is 4. The Morgan fingerprint density at radius 3 is 2.88 bits per heavy atom. The molecular formula is C17H24ClN3O3. The van der Waals surface area contributed by atoms with Crippen molar-refractivity contribution in [2.75, 3.05) is 19.6 Å². The third kappa shape index (κ3) is 3.29. The fourth-order valence-electron chi connectivity index (χ4n) is 3.85. The largest absolute Gasteiger partial charge is 0.360 e. The number of carbonyl (C=O) groups is 2. The van der Waals surface area contributed by atoms with Gasteiger partial charge in [-0.1, -0.05) is 16.8 Å². The van der Waals surface area contributed by atoms with E-state index in [2.05, 4.69) is 19.0 Å². The molecule has 24 heavy (non-hydrogen) atoms. The van der Waals surface area contributed by atoms with E-state index in [0.29, 0.717) is 36.8 Å². The van der Waals surface area contributed by atoms with Crippen molar-refractivity contribution in [3.63, 3.8) is 0 Å². The van der Waals surface area contributed by atoms with Crippen molar-refractivity contribution < 1.29 is 14.1 Å². The monoisotopic (exact) mass is 353 g/mol. The van der Waals surface area contributed by atoms with Gasteiger partial charge in [0.05, 0.1) is 5.41 Å². The van der Waals surface area contributed by atoms with E-state index >= 15 is 0 Å². The summed E-state index contributed by atoms with van der Waals surface area (Å²) in [6, 6.07) is 1.85. The highest BCUT2D eigenvalue weighted by atomic mass is 35.5. The number of halogens is 1. The van der Waals surface area contributed by atoms with E-state index in [1.807, 2.05) is 9.80 Å². The summed E-state index contributed by atoms with van der Waals surface area (Å²) in [6.07, 6.45) is 3.51. The van der Waals surface area contributed by atoms with Gasteiger partial charge >= 0.3 is 0 Å². The molecule has 0 radical (unpaired) electrons. The van der Waals surface area contributed by atoms with Gasteiger partial charge in [-0.15, -0.1) is 0 Å². The van der Waals surface area contributed by atoms with Crippen LogP contribution in [0.1, 0.15) is 45.3 Å². The summed E-state index contributed by atoms with van der Waals surface area (Å²) in [5.74, 6) is 0.900. The summed E-state index contributed by atoms with van der Waals surface area (Å²) in [7, 11) is 0. The van der Waals surface area contributed by atoms with Gasteiger partial charge in [0.25, 0.3) is 0 Å². The Morgan fingerprint density at radius 2 is 2.21 bits per heavy atom. The molecule has 132 valence electrons. The summed E-state index contributed by atoms with van der Waals surface area (Å²) in [5.41, 5.74) is -0.367. The average Bonchev–Trinajstić information content (AvgIpc) is 3.15. The minimum atomic E-state index is -0.367. The van der Waals surface area contributed by atoms with Gasteiger partial charge < -0.3 is 14.3 Å². The number of nitrogens with zero attached hydrogens (tertiary/aromatic N) is 3. The molecule has 2 aliphatic rings. The molecule has 1 unspecified atom stereocenters. The highest BCUT2D eigenvalue weighted by molar-refractivity contribution is 6.29. The summed E-state index contributed by atoms with van der Waals surface area (Å²) >= 11 is 5.71. The number of likely N-dealkylation sites (tertiary alicyclic amines) is 2. The molecule has 6 nitrogen and oxygen atoms in total. The van der Waals surface area contributed by atoms with Crippen molar-refractivity contribution in [2.24, 2.45) is 5.41 Å². The highest BCUT2D eigenvalue weighted by Crippen LogP contribution is 2.40. The number of aryl methyl sites for hydroxylation is 1. The van der Waals surface area contributed by atoms with Crippen LogP contribution in [0.2, 0.25) is 5.15 Å². The number of amides is 2. The fourth-order valence-corrected chi connectivity index (χ4v) is 4.01. The van der Waals surface area contributed by atoms with Crippen molar-refractivity contribution in [1.29, 1.82) is 0 Å². The first kappa shape index (κ1) is 17.3. The summed E-state index contributed by atoms with van der Waals surface area (Å²) in [6.45, 7) is 6.14. The Hall–Kier alpha value is -1.56. The molecule has 0 saturated carbocycles. The lowest BCUT2D eigenvalue weighted by Crippen LogP contribution is -2.52. The predicted octanol–water partition coefficient (Wildman–Crippen LogP) is 2.51. The van der Waals surface area contributed by atoms with Crippen LogP contribution in [0.25, 0.3) is 0 Å². The highest BCUT2D eigenvalue weighted by Gasteiger charge is 2.49. The van der Waals surface area contributed by atoms with Crippen molar-refractivity contribution in [3.05, 3.63) is 17.0 Å². The van der Waals surface area contributed by atoms with E-state index in [4.69, 9.17) is 16.1 Å². The van der Waals surface area contributed by atoms with Gasteiger partial charge in [0, 0.05) is 44.6 Å². The minimum absolute atomic E-state index is 0.0638. The topological polar surface area (TPSA) is 66.7 Å². The van der Waals surface area contributed by atoms with E-state index in [-0.39, 0.29) is 23.3 Å². The van der Waals surface area contributed by atoms with Crippen molar-refractivity contribution in [3.8, 4) is 0 Å². The van der Waals surface area contributed by atoms with Crippen molar-refractivity contribution >= 4 is 23.4 Å². The molecule has 3 rings (SSSR count). The van der Waals surface area contributed by atoms with Gasteiger partial charge in [-0.25, -0.2) is 0 Å². The first-order valence-corrected chi connectivity index (χ1v) is 8.99. The molecular weight excluding hydrogens is 330 g/mol. The van der Waals surface area contributed by atoms with Gasteiger partial charge in [-0.05, 0) is 33.1 Å². The van der Waals surface area contributed by atoms with Crippen LogP contribution in [-0.2, 0) is 16.0 Å². The second-order valence-corrected chi connectivity index (χ2v) is 7.54. The second-order valence-electron chi connectivity index (χ2n) is 7.16. The van der Waals surface area contributed by atoms with Crippen molar-refractivity contribution in [2.45, 2.75) is 52.0 Å². The maximum Gasteiger partial charge on any atom is 0.230 e. The zero-order valence-electron chi connectivity index (χ0n) is 14.3. The first-order valence-electron chi connectivity index (χ1n) is 8.61. The van der Waals surface area contributed by atoms with E-state index in [1.165, 1.54) is 0 Å². The molecule has 0 N–H and O–H groups in total. The minimum Gasteiger partial charge on any atom is -0.360 e. The first-order chi connectivity index (χ1) is 11.4. The van der Waals surface area contributed by atoms with E-state index < -0.39 is 0 Å². The molecule has 2 amide bonds. The van der Waals surface area contributed by atoms with Crippen LogP contribution in [0.15, 0.2) is 10.6 Å². The van der Waals surface area contributed by atoms with Gasteiger partial charge in [0.15, 0.2) is 5.15 Å². The standard InChI is InChI=1S/C17H24ClN3O3/c1-12(2)21-8-3-6-17(16(21)23)7-9-20(11-17)15(22)5-4-13-10-14(18)19-24-13/h10,12H,3-9,11H2,1-2H3. The Morgan fingerprint density at radius 1 is 1.42 bits per heavy atom. The van der Waals surface area contributed by atoms with Crippen LogP contribution >= 0.6 is 11.6 Å². The summed E-state index contributed by atoms with van der Waals surface area (Å²) in [5, 5.41) is 3.92. The average molecular weight is 354 g/mol. The van der Waals surface area contributed by atoms with Crippen molar-refractivity contribution in [1.82, 2.24) is 15.0 Å². The molecule has 0 bridgehead atoms. The molecule has 1 aromatic heterocycles. The third-order valence-corrected chi connectivity index (χ3v) is 5.39. The van der Waals surface area contributed by atoms with Crippen LogP contribution < -0.4 is 0 Å². The molecule has 2 saturated heterocycles. The number of aromatic nitrogens is 1. The van der Waals surface area contributed by atoms with Gasteiger partial charge in [0.2, 0.25) is 11.8 Å². The Labute approximate surface area is 147 Å². The molecule has 3 heterocycles. The number of hydrogen-bond acceptors (Lipinski definition) is 4. The Kier molecular flexibility index (Phi) is 4.85. The zero-order valence-corrected chi connectivity index (χ0v) is 15.0. The van der Waals surface area contributed by atoms with Gasteiger partial charge in [-0.2, -0.15) is 0 Å². The van der Waals surface area contributed by atoms with E-state index in [1.54, 1.807) is 6.07 Å². The SMILES string of the molecule is CC(C)N1CCCC2(CCN(C(=O)CCc3cc(Cl)no3)C2)C1=O. The number of hydrogen-bond donors (Lipinski definition) is 0. The molecule has 1 spiro atoms. The summed E-state index contributed by atoms with van der Waals surface area (Å²) < 4.78 is 5.03. The Balaban J connectivity index is 1.59. The molecule has 1 aromatic rings. The van der Waals surface area contributed by atoms with Crippen LogP contribution in [0.5, 0.6) is 0 Å². The lowest BCUT2D eigenvalue weighted by atomic mass is 9.78.